The number of rotatable bonds is 2. The van der Waals surface area contributed by atoms with Gasteiger partial charge in [-0.3, -0.25) is 4.79 Å². The first-order valence-corrected chi connectivity index (χ1v) is 6.63. The van der Waals surface area contributed by atoms with Crippen molar-refractivity contribution >= 4 is 11.5 Å². The average molecular weight is 322 g/mol. The highest BCUT2D eigenvalue weighted by molar-refractivity contribution is 5.90. The third-order valence-electron chi connectivity index (χ3n) is 3.41. The van der Waals surface area contributed by atoms with Gasteiger partial charge < -0.3 is 15.6 Å². The number of aromatic nitrogens is 1. The minimum Gasteiger partial charge on any atom is -0.384 e. The number of nitrogens with one attached hydrogen (secondary N) is 1. The summed E-state index contributed by atoms with van der Waals surface area (Å²) in [7, 11) is 3.15. The summed E-state index contributed by atoms with van der Waals surface area (Å²) in [4.78, 5) is 15.7. The molecule has 0 fully saturated rings. The molecule has 0 saturated heterocycles. The molecule has 3 N–H and O–H groups in total. The van der Waals surface area contributed by atoms with Gasteiger partial charge in [-0.15, -0.1) is 0 Å². The largest absolute Gasteiger partial charge is 0.384 e. The predicted octanol–water partition coefficient (Wildman–Crippen LogP) is 1.44. The summed E-state index contributed by atoms with van der Waals surface area (Å²) in [6.45, 7) is 0. The van der Waals surface area contributed by atoms with Gasteiger partial charge in [-0.1, -0.05) is 0 Å². The SMILES string of the molecule is CN(C)c1c(C#N)ccc(F)c1-c1c(C#N)c(N)[nH]c(=O)c1C#N. The van der Waals surface area contributed by atoms with E-state index in [9.17, 15) is 25.0 Å². The molecule has 1 aromatic heterocycles. The van der Waals surface area contributed by atoms with Gasteiger partial charge >= 0.3 is 0 Å². The van der Waals surface area contributed by atoms with Crippen LogP contribution in [0.3, 0.4) is 0 Å². The Hall–Kier alpha value is -3.83. The molecule has 0 radical (unpaired) electrons. The van der Waals surface area contributed by atoms with Gasteiger partial charge in [0.1, 0.15) is 41.0 Å². The number of nitrogens with zero attached hydrogens (tertiary/aromatic N) is 4. The van der Waals surface area contributed by atoms with Crippen molar-refractivity contribution in [2.75, 3.05) is 24.7 Å². The number of nitriles is 3. The van der Waals surface area contributed by atoms with Crippen LogP contribution >= 0.6 is 0 Å². The van der Waals surface area contributed by atoms with E-state index in [1.54, 1.807) is 26.2 Å². The Labute approximate surface area is 136 Å². The maximum absolute atomic E-state index is 14.6. The van der Waals surface area contributed by atoms with E-state index in [1.807, 2.05) is 6.07 Å². The van der Waals surface area contributed by atoms with E-state index in [0.29, 0.717) is 0 Å². The number of aromatic amines is 1. The molecule has 0 atom stereocenters. The van der Waals surface area contributed by atoms with Crippen LogP contribution in [-0.2, 0) is 0 Å². The van der Waals surface area contributed by atoms with E-state index in [0.717, 1.165) is 6.07 Å². The Bertz CT molecular complexity index is 1020. The molecule has 1 heterocycles. The van der Waals surface area contributed by atoms with E-state index in [4.69, 9.17) is 5.73 Å². The second kappa shape index (κ2) is 6.12. The third kappa shape index (κ3) is 2.41. The standard InChI is InChI=1S/C16H11FN6O/c1-23(2)14-8(5-18)3-4-11(17)13(14)12-9(6-19)15(21)22-16(24)10(12)7-20/h3-4H,1-2H3,(H3,21,22,24). The average Bonchev–Trinajstić information content (AvgIpc) is 2.53. The molecule has 2 aromatic rings. The molecular weight excluding hydrogens is 311 g/mol. The zero-order valence-corrected chi connectivity index (χ0v) is 12.8. The van der Waals surface area contributed by atoms with E-state index in [1.165, 1.54) is 11.0 Å². The summed E-state index contributed by atoms with van der Waals surface area (Å²) in [6, 6.07) is 7.71. The van der Waals surface area contributed by atoms with E-state index in [-0.39, 0.29) is 33.8 Å². The van der Waals surface area contributed by atoms with E-state index < -0.39 is 16.9 Å². The lowest BCUT2D eigenvalue weighted by Gasteiger charge is -2.21. The van der Waals surface area contributed by atoms with Crippen LogP contribution in [-0.4, -0.2) is 19.1 Å². The van der Waals surface area contributed by atoms with Gasteiger partial charge in [0.15, 0.2) is 0 Å². The molecule has 0 unspecified atom stereocenters. The summed E-state index contributed by atoms with van der Waals surface area (Å²) in [5.41, 5.74) is 4.00. The first-order valence-electron chi connectivity index (χ1n) is 6.63. The van der Waals surface area contributed by atoms with Gasteiger partial charge in [-0.05, 0) is 12.1 Å². The Morgan fingerprint density at radius 3 is 2.21 bits per heavy atom. The van der Waals surface area contributed by atoms with Crippen LogP contribution in [0.25, 0.3) is 11.1 Å². The highest BCUT2D eigenvalue weighted by atomic mass is 19.1. The van der Waals surface area contributed by atoms with Crippen molar-refractivity contribution in [3.8, 4) is 29.3 Å². The van der Waals surface area contributed by atoms with Crippen LogP contribution in [0.4, 0.5) is 15.9 Å². The molecule has 0 bridgehead atoms. The fourth-order valence-corrected chi connectivity index (χ4v) is 2.45. The number of hydrogen-bond donors (Lipinski definition) is 2. The molecule has 0 amide bonds. The molecule has 24 heavy (non-hydrogen) atoms. The number of H-pyrrole nitrogens is 1. The maximum atomic E-state index is 14.6. The van der Waals surface area contributed by atoms with Crippen molar-refractivity contribution in [3.05, 3.63) is 45.0 Å². The van der Waals surface area contributed by atoms with E-state index >= 15 is 0 Å². The van der Waals surface area contributed by atoms with Crippen LogP contribution in [0.1, 0.15) is 16.7 Å². The molecule has 0 spiro atoms. The summed E-state index contributed by atoms with van der Waals surface area (Å²) in [5.74, 6) is -1.06. The monoisotopic (exact) mass is 322 g/mol. The van der Waals surface area contributed by atoms with Crippen molar-refractivity contribution in [2.45, 2.75) is 0 Å². The Morgan fingerprint density at radius 1 is 1.08 bits per heavy atom. The van der Waals surface area contributed by atoms with Gasteiger partial charge in [-0.25, -0.2) is 4.39 Å². The van der Waals surface area contributed by atoms with Crippen molar-refractivity contribution < 1.29 is 4.39 Å². The molecule has 2 rings (SSSR count). The lowest BCUT2D eigenvalue weighted by molar-refractivity contribution is 0.631. The Balaban J connectivity index is 3.16. The van der Waals surface area contributed by atoms with Gasteiger partial charge in [0, 0.05) is 25.2 Å². The molecule has 118 valence electrons. The zero-order chi connectivity index (χ0) is 18.0. The van der Waals surface area contributed by atoms with Gasteiger partial charge in [0.2, 0.25) is 0 Å². The third-order valence-corrected chi connectivity index (χ3v) is 3.41. The van der Waals surface area contributed by atoms with Crippen molar-refractivity contribution in [2.24, 2.45) is 0 Å². The highest BCUT2D eigenvalue weighted by Crippen LogP contribution is 2.39. The number of halogens is 1. The van der Waals surface area contributed by atoms with Crippen molar-refractivity contribution in [1.29, 1.82) is 15.8 Å². The minimum absolute atomic E-state index is 0.128. The molecule has 1 aromatic carbocycles. The smallest absolute Gasteiger partial charge is 0.268 e. The van der Waals surface area contributed by atoms with Gasteiger partial charge in [0.05, 0.1) is 11.3 Å². The van der Waals surface area contributed by atoms with Gasteiger partial charge in [-0.2, -0.15) is 15.8 Å². The molecule has 8 heteroatoms. The molecule has 0 aliphatic heterocycles. The number of nitrogens with two attached hydrogens (primary N) is 1. The number of nitrogen functional groups attached to an aromatic ring is 1. The molecule has 0 aliphatic rings. The first-order chi connectivity index (χ1) is 11.4. The summed E-state index contributed by atoms with van der Waals surface area (Å²) >= 11 is 0. The summed E-state index contributed by atoms with van der Waals surface area (Å²) in [5, 5.41) is 27.9. The van der Waals surface area contributed by atoms with Gasteiger partial charge in [0.25, 0.3) is 5.56 Å². The lowest BCUT2D eigenvalue weighted by Crippen LogP contribution is -2.19. The van der Waals surface area contributed by atoms with Crippen LogP contribution in [0.15, 0.2) is 16.9 Å². The van der Waals surface area contributed by atoms with Crippen LogP contribution in [0.5, 0.6) is 0 Å². The number of hydrogen-bond acceptors (Lipinski definition) is 6. The number of pyridine rings is 1. The van der Waals surface area contributed by atoms with Crippen LogP contribution in [0.2, 0.25) is 0 Å². The maximum Gasteiger partial charge on any atom is 0.268 e. The molecule has 0 saturated carbocycles. The van der Waals surface area contributed by atoms with Crippen LogP contribution in [0, 0.1) is 39.8 Å². The second-order valence-corrected chi connectivity index (χ2v) is 5.04. The normalized spacial score (nSPS) is 9.67. The molecule has 0 aliphatic carbocycles. The molecular formula is C16H11FN6O. The van der Waals surface area contributed by atoms with Crippen LogP contribution < -0.4 is 16.2 Å². The minimum atomic E-state index is -0.838. The second-order valence-electron chi connectivity index (χ2n) is 5.04. The molecule has 7 nitrogen and oxygen atoms in total. The predicted molar refractivity (Wildman–Crippen MR) is 85.3 cm³/mol. The van der Waals surface area contributed by atoms with Crippen molar-refractivity contribution in [1.82, 2.24) is 4.98 Å². The first kappa shape index (κ1) is 16.5. The quantitative estimate of drug-likeness (QED) is 0.859. The van der Waals surface area contributed by atoms with E-state index in [2.05, 4.69) is 4.98 Å². The Morgan fingerprint density at radius 2 is 1.71 bits per heavy atom. The fraction of sp³-hybridized carbons (Fsp3) is 0.125. The summed E-state index contributed by atoms with van der Waals surface area (Å²) < 4.78 is 14.6. The fourth-order valence-electron chi connectivity index (χ4n) is 2.45. The zero-order valence-electron chi connectivity index (χ0n) is 12.8. The number of anilines is 2. The van der Waals surface area contributed by atoms with Crippen molar-refractivity contribution in [3.63, 3.8) is 0 Å². The Kier molecular flexibility index (Phi) is 4.21. The number of benzene rings is 1. The lowest BCUT2D eigenvalue weighted by atomic mass is 9.92. The summed E-state index contributed by atoms with van der Waals surface area (Å²) in [6.07, 6.45) is 0. The topological polar surface area (TPSA) is 133 Å². The highest BCUT2D eigenvalue weighted by Gasteiger charge is 2.25.